The van der Waals surface area contributed by atoms with Crippen molar-refractivity contribution in [1.82, 2.24) is 0 Å². The normalized spacial score (nSPS) is 15.6. The van der Waals surface area contributed by atoms with E-state index < -0.39 is 4.32 Å². The Hall–Kier alpha value is -0.410. The second kappa shape index (κ2) is 5.78. The number of halogens is 2. The molecule has 0 aliphatic rings. The van der Waals surface area contributed by atoms with Gasteiger partial charge in [0.25, 0.3) is 0 Å². The van der Waals surface area contributed by atoms with Crippen LogP contribution in [0.15, 0.2) is 35.9 Å². The maximum absolute atomic E-state index is 12.1. The van der Waals surface area contributed by atoms with Crippen LogP contribution >= 0.6 is 31.9 Å². The third kappa shape index (κ3) is 3.56. The van der Waals surface area contributed by atoms with Crippen molar-refractivity contribution < 1.29 is 4.79 Å². The van der Waals surface area contributed by atoms with Crippen LogP contribution in [0.4, 0.5) is 0 Å². The fourth-order valence-electron chi connectivity index (χ4n) is 1.34. The zero-order valence-corrected chi connectivity index (χ0v) is 12.5. The second-order valence-corrected chi connectivity index (χ2v) is 6.21. The maximum atomic E-state index is 12.1. The molecular formula is C13H14Br2O. The van der Waals surface area contributed by atoms with E-state index in [1.807, 2.05) is 50.3 Å². The summed E-state index contributed by atoms with van der Waals surface area (Å²) < 4.78 is -0.525. The molecule has 86 valence electrons. The standard InChI is InChI=1S/C13H14Br2O/c1-10(12(16)13(2,15)9-14)8-11-6-4-3-5-7-11/h3-8H,9H2,1-2H3/b10-8+. The van der Waals surface area contributed by atoms with Crippen LogP contribution in [0.3, 0.4) is 0 Å². The first kappa shape index (κ1) is 13.7. The van der Waals surface area contributed by atoms with E-state index in [1.54, 1.807) is 0 Å². The van der Waals surface area contributed by atoms with E-state index in [2.05, 4.69) is 31.9 Å². The molecule has 1 aromatic carbocycles. The monoisotopic (exact) mass is 344 g/mol. The molecular weight excluding hydrogens is 332 g/mol. The van der Waals surface area contributed by atoms with Gasteiger partial charge in [-0.2, -0.15) is 0 Å². The molecule has 0 aliphatic carbocycles. The highest BCUT2D eigenvalue weighted by Gasteiger charge is 2.29. The van der Waals surface area contributed by atoms with Gasteiger partial charge in [0.15, 0.2) is 5.78 Å². The minimum absolute atomic E-state index is 0.105. The number of ketones is 1. The molecule has 1 aromatic rings. The smallest absolute Gasteiger partial charge is 0.175 e. The Morgan fingerprint density at radius 2 is 1.94 bits per heavy atom. The Labute approximate surface area is 113 Å². The molecule has 1 rings (SSSR count). The number of hydrogen-bond acceptors (Lipinski definition) is 1. The lowest BCUT2D eigenvalue weighted by Crippen LogP contribution is -2.30. The summed E-state index contributed by atoms with van der Waals surface area (Å²) in [6.45, 7) is 3.71. The minimum atomic E-state index is -0.525. The molecule has 1 nitrogen and oxygen atoms in total. The summed E-state index contributed by atoms with van der Waals surface area (Å²) in [5, 5.41) is 0.596. The van der Waals surface area contributed by atoms with Crippen LogP contribution in [0, 0.1) is 0 Å². The van der Waals surface area contributed by atoms with Crippen molar-refractivity contribution in [2.24, 2.45) is 0 Å². The van der Waals surface area contributed by atoms with Crippen LogP contribution in [0.5, 0.6) is 0 Å². The second-order valence-electron chi connectivity index (χ2n) is 3.90. The summed E-state index contributed by atoms with van der Waals surface area (Å²) >= 11 is 6.75. The van der Waals surface area contributed by atoms with Crippen molar-refractivity contribution >= 4 is 43.7 Å². The summed E-state index contributed by atoms with van der Waals surface area (Å²) in [6, 6.07) is 9.84. The van der Waals surface area contributed by atoms with Gasteiger partial charge in [-0.25, -0.2) is 0 Å². The molecule has 1 atom stereocenters. The quantitative estimate of drug-likeness (QED) is 0.590. The molecule has 0 bridgehead atoms. The zero-order valence-electron chi connectivity index (χ0n) is 9.34. The van der Waals surface area contributed by atoms with Gasteiger partial charge in [-0.3, -0.25) is 4.79 Å². The Balaban J connectivity index is 2.91. The number of rotatable bonds is 4. The minimum Gasteiger partial charge on any atom is -0.293 e. The van der Waals surface area contributed by atoms with Crippen LogP contribution in [-0.4, -0.2) is 15.4 Å². The van der Waals surface area contributed by atoms with Gasteiger partial charge in [0.1, 0.15) is 0 Å². The van der Waals surface area contributed by atoms with Gasteiger partial charge >= 0.3 is 0 Å². The third-order valence-corrected chi connectivity index (χ3v) is 4.78. The molecule has 3 heteroatoms. The van der Waals surface area contributed by atoms with Crippen molar-refractivity contribution in [2.75, 3.05) is 5.33 Å². The third-order valence-electron chi connectivity index (χ3n) is 2.27. The Bertz CT molecular complexity index is 394. The van der Waals surface area contributed by atoms with E-state index in [9.17, 15) is 4.79 Å². The van der Waals surface area contributed by atoms with E-state index in [1.165, 1.54) is 0 Å². The van der Waals surface area contributed by atoms with E-state index in [4.69, 9.17) is 0 Å². The number of benzene rings is 1. The predicted molar refractivity (Wildman–Crippen MR) is 76.2 cm³/mol. The lowest BCUT2D eigenvalue weighted by atomic mass is 10.00. The van der Waals surface area contributed by atoms with E-state index >= 15 is 0 Å². The van der Waals surface area contributed by atoms with Crippen LogP contribution in [0.1, 0.15) is 19.4 Å². The average Bonchev–Trinajstić information content (AvgIpc) is 2.29. The van der Waals surface area contributed by atoms with Crippen LogP contribution in [0.2, 0.25) is 0 Å². The van der Waals surface area contributed by atoms with Gasteiger partial charge in [-0.1, -0.05) is 62.2 Å². The molecule has 0 aromatic heterocycles. The largest absolute Gasteiger partial charge is 0.293 e. The summed E-state index contributed by atoms with van der Waals surface area (Å²) in [5.74, 6) is 0.105. The van der Waals surface area contributed by atoms with Gasteiger partial charge in [-0.15, -0.1) is 0 Å². The topological polar surface area (TPSA) is 17.1 Å². The number of Topliss-reactive ketones (excluding diaryl/α,β-unsaturated/α-hetero) is 1. The van der Waals surface area contributed by atoms with E-state index in [0.717, 1.165) is 11.1 Å². The molecule has 0 aliphatic heterocycles. The molecule has 0 amide bonds. The van der Waals surface area contributed by atoms with E-state index in [0.29, 0.717) is 5.33 Å². The van der Waals surface area contributed by atoms with Gasteiger partial charge in [-0.05, 0) is 31.1 Å². The maximum Gasteiger partial charge on any atom is 0.175 e. The Morgan fingerprint density at radius 3 is 2.44 bits per heavy atom. The average molecular weight is 346 g/mol. The van der Waals surface area contributed by atoms with Crippen LogP contribution in [0.25, 0.3) is 6.08 Å². The number of carbonyl (C=O) groups is 1. The molecule has 0 radical (unpaired) electrons. The van der Waals surface area contributed by atoms with Gasteiger partial charge in [0.2, 0.25) is 0 Å². The molecule has 16 heavy (non-hydrogen) atoms. The van der Waals surface area contributed by atoms with Crippen molar-refractivity contribution in [3.05, 3.63) is 41.5 Å². The number of allylic oxidation sites excluding steroid dienone is 1. The van der Waals surface area contributed by atoms with Gasteiger partial charge < -0.3 is 0 Å². The highest BCUT2D eigenvalue weighted by atomic mass is 79.9. The first-order valence-electron chi connectivity index (χ1n) is 5.00. The fourth-order valence-corrected chi connectivity index (χ4v) is 1.90. The lowest BCUT2D eigenvalue weighted by Gasteiger charge is -2.17. The highest BCUT2D eigenvalue weighted by Crippen LogP contribution is 2.25. The summed E-state index contributed by atoms with van der Waals surface area (Å²) in [6.07, 6.45) is 1.91. The summed E-state index contributed by atoms with van der Waals surface area (Å²) in [5.41, 5.74) is 1.80. The first-order valence-corrected chi connectivity index (χ1v) is 6.92. The lowest BCUT2D eigenvalue weighted by molar-refractivity contribution is -0.116. The molecule has 0 heterocycles. The van der Waals surface area contributed by atoms with Crippen LogP contribution < -0.4 is 0 Å². The number of hydrogen-bond donors (Lipinski definition) is 0. The highest BCUT2D eigenvalue weighted by molar-refractivity contribution is 9.12. The predicted octanol–water partition coefficient (Wildman–Crippen LogP) is 4.21. The molecule has 1 unspecified atom stereocenters. The van der Waals surface area contributed by atoms with Crippen molar-refractivity contribution in [1.29, 1.82) is 0 Å². The molecule has 0 saturated carbocycles. The molecule has 0 N–H and O–H groups in total. The van der Waals surface area contributed by atoms with Gasteiger partial charge in [0, 0.05) is 5.33 Å². The van der Waals surface area contributed by atoms with Crippen LogP contribution in [-0.2, 0) is 4.79 Å². The van der Waals surface area contributed by atoms with Crippen molar-refractivity contribution in [3.8, 4) is 0 Å². The molecule has 0 spiro atoms. The molecule has 0 saturated heterocycles. The molecule has 0 fully saturated rings. The fraction of sp³-hybridized carbons (Fsp3) is 0.308. The SMILES string of the molecule is C/C(=C\c1ccccc1)C(=O)C(C)(Br)CBr. The summed E-state index contributed by atoms with van der Waals surface area (Å²) in [7, 11) is 0. The first-order chi connectivity index (χ1) is 7.47. The summed E-state index contributed by atoms with van der Waals surface area (Å²) in [4.78, 5) is 12.1. The Morgan fingerprint density at radius 1 is 1.38 bits per heavy atom. The van der Waals surface area contributed by atoms with Gasteiger partial charge in [0.05, 0.1) is 4.32 Å². The number of carbonyl (C=O) groups excluding carboxylic acids is 1. The van der Waals surface area contributed by atoms with Crippen molar-refractivity contribution in [2.45, 2.75) is 18.2 Å². The van der Waals surface area contributed by atoms with Crippen molar-refractivity contribution in [3.63, 3.8) is 0 Å². The zero-order chi connectivity index (χ0) is 12.2. The number of alkyl halides is 2. The Kier molecular flexibility index (Phi) is 4.93. The van der Waals surface area contributed by atoms with E-state index in [-0.39, 0.29) is 5.78 Å².